The summed E-state index contributed by atoms with van der Waals surface area (Å²) in [5.74, 6) is 1.33. The van der Waals surface area contributed by atoms with Gasteiger partial charge in [0.2, 0.25) is 0 Å². The van der Waals surface area contributed by atoms with Gasteiger partial charge in [-0.05, 0) is 65.4 Å². The number of thioether (sulfide) groups is 1. The summed E-state index contributed by atoms with van der Waals surface area (Å²) in [6.45, 7) is 0.294. The van der Waals surface area contributed by atoms with Crippen molar-refractivity contribution in [3.05, 3.63) is 94.8 Å². The molecule has 1 aliphatic heterocycles. The van der Waals surface area contributed by atoms with Gasteiger partial charge in [-0.2, -0.15) is 5.10 Å². The van der Waals surface area contributed by atoms with Crippen LogP contribution in [0.2, 0.25) is 0 Å². The second-order valence-electron chi connectivity index (χ2n) is 6.39. The zero-order chi connectivity index (χ0) is 20.8. The topological polar surface area (TPSA) is 67.4 Å². The third kappa shape index (κ3) is 4.69. The minimum atomic E-state index is -0.126. The highest BCUT2D eigenvalue weighted by Crippen LogP contribution is 2.33. The van der Waals surface area contributed by atoms with E-state index in [0.717, 1.165) is 16.9 Å². The quantitative estimate of drug-likeness (QED) is 0.328. The van der Waals surface area contributed by atoms with E-state index in [2.05, 4.69) is 10.2 Å². The summed E-state index contributed by atoms with van der Waals surface area (Å²) >= 11 is 1.30. The lowest BCUT2D eigenvalue weighted by atomic mass is 10.2. The maximum Gasteiger partial charge on any atom is 0.267 e. The van der Waals surface area contributed by atoms with Gasteiger partial charge in [-0.1, -0.05) is 30.3 Å². The zero-order valence-corrected chi connectivity index (χ0v) is 17.1. The third-order valence-corrected chi connectivity index (χ3v) is 5.34. The molecule has 0 aliphatic carbocycles. The maximum atomic E-state index is 13.0. The van der Waals surface area contributed by atoms with Crippen molar-refractivity contribution in [3.8, 4) is 5.75 Å². The van der Waals surface area contributed by atoms with E-state index in [1.165, 1.54) is 11.8 Å². The number of hydrogen-bond acceptors (Lipinski definition) is 6. The van der Waals surface area contributed by atoms with E-state index in [1.807, 2.05) is 66.7 Å². The lowest BCUT2D eigenvalue weighted by molar-refractivity contribution is -0.122. The van der Waals surface area contributed by atoms with Gasteiger partial charge in [-0.3, -0.25) is 9.69 Å². The summed E-state index contributed by atoms with van der Waals surface area (Å²) < 4.78 is 10.6. The van der Waals surface area contributed by atoms with Crippen molar-refractivity contribution in [1.82, 2.24) is 4.90 Å². The van der Waals surface area contributed by atoms with Crippen LogP contribution in [0.5, 0.6) is 5.75 Å². The lowest BCUT2D eigenvalue weighted by Crippen LogP contribution is -2.28. The smallest absolute Gasteiger partial charge is 0.267 e. The molecule has 0 bridgehead atoms. The fourth-order valence-corrected chi connectivity index (χ4v) is 3.75. The summed E-state index contributed by atoms with van der Waals surface area (Å²) in [5.41, 5.74) is 1.83. The van der Waals surface area contributed by atoms with Gasteiger partial charge in [0.25, 0.3) is 5.91 Å². The zero-order valence-electron chi connectivity index (χ0n) is 16.3. The van der Waals surface area contributed by atoms with Crippen LogP contribution in [0.3, 0.4) is 0 Å². The number of methoxy groups -OCH3 is 1. The molecule has 0 saturated carbocycles. The summed E-state index contributed by atoms with van der Waals surface area (Å²) in [5, 5.41) is 8.99. The van der Waals surface area contributed by atoms with Crippen LogP contribution in [0, 0.1) is 0 Å². The predicted octanol–water partition coefficient (Wildman–Crippen LogP) is 4.79. The van der Waals surface area contributed by atoms with Crippen LogP contribution in [0.1, 0.15) is 16.9 Å². The molecule has 0 unspecified atom stereocenters. The van der Waals surface area contributed by atoms with Gasteiger partial charge in [-0.25, -0.2) is 0 Å². The van der Waals surface area contributed by atoms with Crippen LogP contribution in [0.15, 0.2) is 92.5 Å². The van der Waals surface area contributed by atoms with Gasteiger partial charge >= 0.3 is 0 Å². The van der Waals surface area contributed by atoms with E-state index in [1.54, 1.807) is 30.6 Å². The normalized spacial score (nSPS) is 16.8. The second-order valence-corrected chi connectivity index (χ2v) is 7.40. The summed E-state index contributed by atoms with van der Waals surface area (Å²) in [6, 6.07) is 20.8. The Morgan fingerprint density at radius 2 is 1.83 bits per heavy atom. The first-order valence-corrected chi connectivity index (χ1v) is 10.1. The number of nitrogens with zero attached hydrogens (tertiary/aromatic N) is 3. The first-order chi connectivity index (χ1) is 14.7. The Kier molecular flexibility index (Phi) is 6.10. The van der Waals surface area contributed by atoms with Gasteiger partial charge in [0.1, 0.15) is 11.5 Å². The number of hydrogen-bond donors (Lipinski definition) is 0. The predicted molar refractivity (Wildman–Crippen MR) is 119 cm³/mol. The minimum absolute atomic E-state index is 0.126. The molecule has 6 nitrogen and oxygen atoms in total. The Labute approximate surface area is 178 Å². The highest BCUT2D eigenvalue weighted by Gasteiger charge is 2.34. The van der Waals surface area contributed by atoms with E-state index in [9.17, 15) is 4.79 Å². The maximum absolute atomic E-state index is 13.0. The monoisotopic (exact) mass is 417 g/mol. The number of ether oxygens (including phenoxy) is 1. The molecule has 2 heterocycles. The molecule has 0 N–H and O–H groups in total. The van der Waals surface area contributed by atoms with Crippen molar-refractivity contribution in [1.29, 1.82) is 0 Å². The van der Waals surface area contributed by atoms with E-state index < -0.39 is 0 Å². The number of carbonyl (C=O) groups excluding carboxylic acids is 1. The molecule has 150 valence electrons. The molecule has 0 spiro atoms. The molecule has 2 aromatic carbocycles. The van der Waals surface area contributed by atoms with E-state index in [-0.39, 0.29) is 5.91 Å². The largest absolute Gasteiger partial charge is 0.497 e. The minimum Gasteiger partial charge on any atom is -0.497 e. The van der Waals surface area contributed by atoms with Crippen molar-refractivity contribution in [2.75, 3.05) is 7.11 Å². The van der Waals surface area contributed by atoms with Crippen molar-refractivity contribution in [2.45, 2.75) is 6.54 Å². The molecule has 1 saturated heterocycles. The average molecular weight is 417 g/mol. The highest BCUT2D eigenvalue weighted by molar-refractivity contribution is 8.18. The average Bonchev–Trinajstić information content (AvgIpc) is 3.39. The summed E-state index contributed by atoms with van der Waals surface area (Å²) in [6.07, 6.45) is 5.09. The molecule has 4 rings (SSSR count). The molecular weight excluding hydrogens is 398 g/mol. The van der Waals surface area contributed by atoms with Crippen LogP contribution in [-0.4, -0.2) is 29.3 Å². The van der Waals surface area contributed by atoms with E-state index >= 15 is 0 Å². The molecule has 30 heavy (non-hydrogen) atoms. The Morgan fingerprint density at radius 1 is 1.03 bits per heavy atom. The van der Waals surface area contributed by atoms with Gasteiger partial charge in [-0.15, -0.1) is 5.10 Å². The first kappa shape index (κ1) is 19.7. The summed E-state index contributed by atoms with van der Waals surface area (Å²) in [4.78, 5) is 15.2. The summed E-state index contributed by atoms with van der Waals surface area (Å²) in [7, 11) is 1.62. The number of amidine groups is 1. The Bertz CT molecular complexity index is 1090. The van der Waals surface area contributed by atoms with Gasteiger partial charge in [0, 0.05) is 0 Å². The van der Waals surface area contributed by atoms with Crippen LogP contribution < -0.4 is 4.74 Å². The molecule has 1 aliphatic rings. The van der Waals surface area contributed by atoms with Crippen LogP contribution >= 0.6 is 11.8 Å². The number of amides is 1. The fraction of sp³-hybridized carbons (Fsp3) is 0.0870. The fourth-order valence-electron chi connectivity index (χ4n) is 2.82. The van der Waals surface area contributed by atoms with Gasteiger partial charge in [0.05, 0.1) is 31.0 Å². The molecule has 0 atom stereocenters. The molecule has 0 radical (unpaired) electrons. The SMILES string of the molecule is COc1ccc(/C=N/N=C2\S/C(=C\c3ccccc3)C(=O)N2Cc2ccco2)cc1. The second kappa shape index (κ2) is 9.28. The van der Waals surface area contributed by atoms with Crippen molar-refractivity contribution < 1.29 is 13.9 Å². The molecular formula is C23H19N3O3S. The van der Waals surface area contributed by atoms with Crippen LogP contribution in [0.4, 0.5) is 0 Å². The Balaban J connectivity index is 1.59. The molecule has 1 fully saturated rings. The Morgan fingerprint density at radius 3 is 2.53 bits per heavy atom. The van der Waals surface area contributed by atoms with Crippen LogP contribution in [0.25, 0.3) is 6.08 Å². The molecule has 7 heteroatoms. The molecule has 1 amide bonds. The Hall–Kier alpha value is -3.58. The molecule has 1 aromatic heterocycles. The van der Waals surface area contributed by atoms with Crippen molar-refractivity contribution >= 4 is 35.1 Å². The number of benzene rings is 2. The van der Waals surface area contributed by atoms with E-state index in [4.69, 9.17) is 9.15 Å². The van der Waals surface area contributed by atoms with Crippen molar-refractivity contribution in [2.24, 2.45) is 10.2 Å². The number of carbonyl (C=O) groups is 1. The number of rotatable bonds is 6. The molecule has 3 aromatic rings. The van der Waals surface area contributed by atoms with Gasteiger partial charge in [0.15, 0.2) is 5.17 Å². The standard InChI is InChI=1S/C23H19N3O3S/c1-28-19-11-9-18(10-12-19)15-24-25-23-26(16-20-8-5-13-29-20)22(27)21(30-23)14-17-6-3-2-4-7-17/h2-15H,16H2,1H3/b21-14-,24-15+,25-23-. The number of furan rings is 1. The highest BCUT2D eigenvalue weighted by atomic mass is 32.2. The van der Waals surface area contributed by atoms with Gasteiger partial charge < -0.3 is 9.15 Å². The van der Waals surface area contributed by atoms with Crippen molar-refractivity contribution in [3.63, 3.8) is 0 Å². The van der Waals surface area contributed by atoms with E-state index in [0.29, 0.717) is 22.4 Å². The first-order valence-electron chi connectivity index (χ1n) is 9.27. The lowest BCUT2D eigenvalue weighted by Gasteiger charge is -2.12. The third-order valence-electron chi connectivity index (χ3n) is 4.35. The van der Waals surface area contributed by atoms with Crippen LogP contribution in [-0.2, 0) is 11.3 Å².